The van der Waals surface area contributed by atoms with E-state index in [1.54, 1.807) is 6.92 Å². The summed E-state index contributed by atoms with van der Waals surface area (Å²) in [6.45, 7) is 4.47. The lowest BCUT2D eigenvalue weighted by Crippen LogP contribution is -2.18. The summed E-state index contributed by atoms with van der Waals surface area (Å²) >= 11 is 0. The summed E-state index contributed by atoms with van der Waals surface area (Å²) in [5.74, 6) is -0.450. The maximum absolute atomic E-state index is 12.1. The number of aromatic nitrogens is 1. The average Bonchev–Trinajstić information content (AvgIpc) is 2.84. The number of fused-ring (bicyclic) bond motifs is 1. The maximum Gasteiger partial charge on any atom is 0.355 e. The summed E-state index contributed by atoms with van der Waals surface area (Å²) in [4.78, 5) is 26.2. The highest BCUT2D eigenvalue weighted by Gasteiger charge is 2.18. The van der Waals surface area contributed by atoms with Crippen molar-refractivity contribution in [3.63, 3.8) is 0 Å². The van der Waals surface area contributed by atoms with Crippen LogP contribution >= 0.6 is 0 Å². The molecular formula is C16H21N3O3. The standard InChI is InChI=1S/C16H21N3O3/c1-3-22-16(21)15-12(6-7-17)13-8-11(9-18-10(2)20)4-5-14(13)19-15/h4-5,8,19H,3,6-7,9,17H2,1-2H3,(H,18,20). The molecule has 0 spiro atoms. The molecule has 1 amide bonds. The van der Waals surface area contributed by atoms with Crippen molar-refractivity contribution < 1.29 is 14.3 Å². The molecule has 2 aromatic rings. The van der Waals surface area contributed by atoms with E-state index < -0.39 is 0 Å². The molecule has 4 N–H and O–H groups in total. The summed E-state index contributed by atoms with van der Waals surface area (Å²) in [6.07, 6.45) is 0.581. The van der Waals surface area contributed by atoms with Gasteiger partial charge in [0.05, 0.1) is 6.61 Å². The number of ether oxygens (including phenoxy) is 1. The molecule has 6 nitrogen and oxygen atoms in total. The zero-order valence-electron chi connectivity index (χ0n) is 12.9. The van der Waals surface area contributed by atoms with E-state index in [2.05, 4.69) is 10.3 Å². The Bertz CT molecular complexity index is 691. The fraction of sp³-hybridized carbons (Fsp3) is 0.375. The van der Waals surface area contributed by atoms with Crippen LogP contribution in [-0.2, 0) is 22.5 Å². The van der Waals surface area contributed by atoms with Crippen LogP contribution in [0.2, 0.25) is 0 Å². The second-order valence-corrected chi connectivity index (χ2v) is 5.03. The number of hydrogen-bond donors (Lipinski definition) is 3. The van der Waals surface area contributed by atoms with Gasteiger partial charge in [0.2, 0.25) is 5.91 Å². The monoisotopic (exact) mass is 303 g/mol. The van der Waals surface area contributed by atoms with E-state index in [4.69, 9.17) is 10.5 Å². The lowest BCUT2D eigenvalue weighted by molar-refractivity contribution is -0.119. The topological polar surface area (TPSA) is 97.2 Å². The fourth-order valence-electron chi connectivity index (χ4n) is 2.41. The predicted molar refractivity (Wildman–Crippen MR) is 84.5 cm³/mol. The van der Waals surface area contributed by atoms with Crippen LogP contribution in [0.4, 0.5) is 0 Å². The molecule has 2 rings (SSSR count). The van der Waals surface area contributed by atoms with Crippen molar-refractivity contribution >= 4 is 22.8 Å². The SMILES string of the molecule is CCOC(=O)c1[nH]c2ccc(CNC(C)=O)cc2c1CCN. The van der Waals surface area contributed by atoms with Gasteiger partial charge in [0.15, 0.2) is 0 Å². The average molecular weight is 303 g/mol. The smallest absolute Gasteiger partial charge is 0.355 e. The van der Waals surface area contributed by atoms with Crippen molar-refractivity contribution in [2.75, 3.05) is 13.2 Å². The number of benzene rings is 1. The number of hydrogen-bond acceptors (Lipinski definition) is 4. The first-order valence-electron chi connectivity index (χ1n) is 7.32. The molecule has 6 heteroatoms. The van der Waals surface area contributed by atoms with Crippen molar-refractivity contribution in [1.82, 2.24) is 10.3 Å². The van der Waals surface area contributed by atoms with E-state index in [-0.39, 0.29) is 11.9 Å². The molecule has 0 aliphatic carbocycles. The third-order valence-electron chi connectivity index (χ3n) is 3.39. The van der Waals surface area contributed by atoms with Gasteiger partial charge in [-0.2, -0.15) is 0 Å². The Morgan fingerprint density at radius 3 is 2.77 bits per heavy atom. The molecule has 0 bridgehead atoms. The minimum Gasteiger partial charge on any atom is -0.461 e. The van der Waals surface area contributed by atoms with Crippen LogP contribution in [0.15, 0.2) is 18.2 Å². The highest BCUT2D eigenvalue weighted by molar-refractivity contribution is 5.98. The first-order valence-corrected chi connectivity index (χ1v) is 7.32. The van der Waals surface area contributed by atoms with Crippen molar-refractivity contribution in [3.8, 4) is 0 Å². The van der Waals surface area contributed by atoms with E-state index in [0.29, 0.717) is 31.8 Å². The summed E-state index contributed by atoms with van der Waals surface area (Å²) in [5.41, 5.74) is 8.81. The molecule has 1 aromatic heterocycles. The number of rotatable bonds is 6. The Hall–Kier alpha value is -2.34. The van der Waals surface area contributed by atoms with E-state index in [0.717, 1.165) is 22.0 Å². The number of H-pyrrole nitrogens is 1. The van der Waals surface area contributed by atoms with Gasteiger partial charge >= 0.3 is 5.97 Å². The second kappa shape index (κ2) is 7.09. The Labute approximate surface area is 129 Å². The molecule has 22 heavy (non-hydrogen) atoms. The van der Waals surface area contributed by atoms with Crippen LogP contribution in [0, 0.1) is 0 Å². The molecular weight excluding hydrogens is 282 g/mol. The molecule has 0 radical (unpaired) electrons. The zero-order chi connectivity index (χ0) is 16.1. The van der Waals surface area contributed by atoms with E-state index >= 15 is 0 Å². The highest BCUT2D eigenvalue weighted by Crippen LogP contribution is 2.25. The third-order valence-corrected chi connectivity index (χ3v) is 3.39. The Morgan fingerprint density at radius 2 is 2.14 bits per heavy atom. The van der Waals surface area contributed by atoms with Gasteiger partial charge in [0.1, 0.15) is 5.69 Å². The van der Waals surface area contributed by atoms with Gasteiger partial charge < -0.3 is 20.8 Å². The van der Waals surface area contributed by atoms with E-state index in [1.807, 2.05) is 18.2 Å². The fourth-order valence-corrected chi connectivity index (χ4v) is 2.41. The van der Waals surface area contributed by atoms with Gasteiger partial charge in [-0.3, -0.25) is 4.79 Å². The second-order valence-electron chi connectivity index (χ2n) is 5.03. The Morgan fingerprint density at radius 1 is 1.36 bits per heavy atom. The highest BCUT2D eigenvalue weighted by atomic mass is 16.5. The van der Waals surface area contributed by atoms with Crippen molar-refractivity contribution in [2.45, 2.75) is 26.8 Å². The van der Waals surface area contributed by atoms with Crippen molar-refractivity contribution in [3.05, 3.63) is 35.0 Å². The van der Waals surface area contributed by atoms with Crippen LogP contribution < -0.4 is 11.1 Å². The zero-order valence-corrected chi connectivity index (χ0v) is 12.9. The molecule has 0 fully saturated rings. The molecule has 0 saturated heterocycles. The quantitative estimate of drug-likeness (QED) is 0.704. The van der Waals surface area contributed by atoms with Gasteiger partial charge in [-0.15, -0.1) is 0 Å². The van der Waals surface area contributed by atoms with Crippen LogP contribution in [0.3, 0.4) is 0 Å². The first kappa shape index (κ1) is 16.0. The maximum atomic E-state index is 12.1. The van der Waals surface area contributed by atoms with Gasteiger partial charge in [-0.25, -0.2) is 4.79 Å². The summed E-state index contributed by atoms with van der Waals surface area (Å²) < 4.78 is 5.09. The van der Waals surface area contributed by atoms with Gasteiger partial charge in [0, 0.05) is 24.4 Å². The lowest BCUT2D eigenvalue weighted by Gasteiger charge is -2.05. The van der Waals surface area contributed by atoms with Crippen molar-refractivity contribution in [1.29, 1.82) is 0 Å². The van der Waals surface area contributed by atoms with Crippen LogP contribution in [0.5, 0.6) is 0 Å². The molecule has 0 aliphatic heterocycles. The van der Waals surface area contributed by atoms with Gasteiger partial charge in [-0.1, -0.05) is 6.07 Å². The number of carbonyl (C=O) groups is 2. The third kappa shape index (κ3) is 3.46. The predicted octanol–water partition coefficient (Wildman–Crippen LogP) is 1.48. The largest absolute Gasteiger partial charge is 0.461 e. The molecule has 1 heterocycles. The summed E-state index contributed by atoms with van der Waals surface area (Å²) in [7, 11) is 0. The summed E-state index contributed by atoms with van der Waals surface area (Å²) in [5, 5.41) is 3.70. The molecule has 0 aliphatic rings. The number of aromatic amines is 1. The number of nitrogens with one attached hydrogen (secondary N) is 2. The number of amides is 1. The van der Waals surface area contributed by atoms with Crippen LogP contribution in [0.25, 0.3) is 10.9 Å². The Kier molecular flexibility index (Phi) is 5.16. The summed E-state index contributed by atoms with van der Waals surface area (Å²) in [6, 6.07) is 5.78. The van der Waals surface area contributed by atoms with Crippen LogP contribution in [0.1, 0.15) is 35.5 Å². The lowest BCUT2D eigenvalue weighted by atomic mass is 10.0. The first-order chi connectivity index (χ1) is 10.6. The van der Waals surface area contributed by atoms with E-state index in [9.17, 15) is 9.59 Å². The van der Waals surface area contributed by atoms with Gasteiger partial charge in [-0.05, 0) is 43.1 Å². The Balaban J connectivity index is 2.43. The molecule has 118 valence electrons. The molecule has 0 saturated carbocycles. The molecule has 0 atom stereocenters. The van der Waals surface area contributed by atoms with Crippen LogP contribution in [-0.4, -0.2) is 30.0 Å². The van der Waals surface area contributed by atoms with Crippen molar-refractivity contribution in [2.24, 2.45) is 5.73 Å². The van der Waals surface area contributed by atoms with Gasteiger partial charge in [0.25, 0.3) is 0 Å². The number of carbonyl (C=O) groups excluding carboxylic acids is 2. The normalized spacial score (nSPS) is 10.7. The number of nitrogens with two attached hydrogens (primary N) is 1. The molecule has 1 aromatic carbocycles. The molecule has 0 unspecified atom stereocenters. The number of esters is 1. The minimum absolute atomic E-state index is 0.0800. The minimum atomic E-state index is -0.370. The van der Waals surface area contributed by atoms with E-state index in [1.165, 1.54) is 6.92 Å².